The summed E-state index contributed by atoms with van der Waals surface area (Å²) in [6.45, 7) is 3.28. The fourth-order valence-corrected chi connectivity index (χ4v) is 5.89. The van der Waals surface area contributed by atoms with Crippen LogP contribution in [-0.4, -0.2) is 61.5 Å². The molecule has 1 aromatic carbocycles. The summed E-state index contributed by atoms with van der Waals surface area (Å²) in [5, 5.41) is 27.3. The van der Waals surface area contributed by atoms with E-state index in [1.165, 1.54) is 6.20 Å². The van der Waals surface area contributed by atoms with Crippen LogP contribution in [0.15, 0.2) is 77.7 Å². The lowest BCUT2D eigenvalue weighted by Gasteiger charge is -2.21. The standard InChI is InChI=1S/C30H38FN8OP/c31-26-8-1-2-9-29(41)24(26)13-17-38-15-5-7-21(12-16-38)28-20-39(37-35-28)23-10-11-27-25(18-23)30(36-34-27)22(19-32)6-3-4-14-33-40/h1-3,6,8,10-11,18-21,33,40H,4-5,7,9,12-17,32,41H2,(H,34,36)/b6-3-,22-19+/t21-/m1/s1. The number of nitrogens with two attached hydrogens (primary N) is 1. The number of nitrogens with zero attached hydrogens (tertiary/aromatic N) is 5. The molecule has 5 N–H and O–H groups in total. The van der Waals surface area contributed by atoms with Gasteiger partial charge >= 0.3 is 0 Å². The maximum absolute atomic E-state index is 14.5. The molecule has 0 spiro atoms. The fraction of sp³-hybridized carbons (Fsp3) is 0.367. The van der Waals surface area contributed by atoms with E-state index in [2.05, 4.69) is 40.1 Å². The number of aromatic amines is 1. The van der Waals surface area contributed by atoms with Crippen LogP contribution < -0.4 is 11.2 Å². The molecule has 0 amide bonds. The zero-order chi connectivity index (χ0) is 28.6. The number of benzene rings is 1. The molecule has 2 aliphatic rings. The normalized spacial score (nSPS) is 19.2. The van der Waals surface area contributed by atoms with Crippen molar-refractivity contribution in [2.45, 2.75) is 44.4 Å². The molecule has 1 fully saturated rings. The zero-order valence-corrected chi connectivity index (χ0v) is 24.3. The van der Waals surface area contributed by atoms with Gasteiger partial charge < -0.3 is 15.8 Å². The molecule has 0 saturated carbocycles. The van der Waals surface area contributed by atoms with Crippen molar-refractivity contribution in [3.05, 3.63) is 89.1 Å². The first-order chi connectivity index (χ1) is 20.1. The van der Waals surface area contributed by atoms with Crippen LogP contribution in [0, 0.1) is 0 Å². The Bertz CT molecular complexity index is 1500. The van der Waals surface area contributed by atoms with E-state index in [4.69, 9.17) is 10.9 Å². The van der Waals surface area contributed by atoms with Crippen LogP contribution in [0.2, 0.25) is 0 Å². The van der Waals surface area contributed by atoms with Crippen molar-refractivity contribution in [1.29, 1.82) is 0 Å². The number of H-pyrrole nitrogens is 1. The van der Waals surface area contributed by atoms with Crippen molar-refractivity contribution in [1.82, 2.24) is 35.6 Å². The molecular weight excluding hydrogens is 538 g/mol. The lowest BCUT2D eigenvalue weighted by Crippen LogP contribution is -2.26. The van der Waals surface area contributed by atoms with Crippen LogP contribution in [0.1, 0.15) is 55.8 Å². The topological polar surface area (TPSA) is 121 Å². The van der Waals surface area contributed by atoms with Gasteiger partial charge in [-0.1, -0.05) is 29.5 Å². The lowest BCUT2D eigenvalue weighted by atomic mass is 9.98. The van der Waals surface area contributed by atoms with Gasteiger partial charge in [-0.05, 0) is 86.8 Å². The number of likely N-dealkylation sites (tertiary alicyclic amines) is 1. The third kappa shape index (κ3) is 7.08. The van der Waals surface area contributed by atoms with Gasteiger partial charge in [0.15, 0.2) is 0 Å². The largest absolute Gasteiger partial charge is 0.404 e. The molecule has 0 radical (unpaired) electrons. The van der Waals surface area contributed by atoms with Gasteiger partial charge in [0.05, 0.1) is 23.1 Å². The van der Waals surface area contributed by atoms with E-state index in [1.807, 2.05) is 47.3 Å². The van der Waals surface area contributed by atoms with Crippen molar-refractivity contribution in [2.75, 3.05) is 26.2 Å². The Morgan fingerprint density at radius 3 is 3.05 bits per heavy atom. The first kappa shape index (κ1) is 29.1. The highest BCUT2D eigenvalue weighted by molar-refractivity contribution is 7.22. The second-order valence-corrected chi connectivity index (χ2v) is 11.2. The molecule has 1 unspecified atom stereocenters. The van der Waals surface area contributed by atoms with Gasteiger partial charge in [0, 0.05) is 36.2 Å². The van der Waals surface area contributed by atoms with Crippen molar-refractivity contribution >= 4 is 25.7 Å². The third-order valence-corrected chi connectivity index (χ3v) is 8.39. The minimum absolute atomic E-state index is 0.115. The molecule has 1 aliphatic heterocycles. The molecular formula is C30H38FN8OP. The maximum Gasteiger partial charge on any atom is 0.126 e. The van der Waals surface area contributed by atoms with E-state index in [0.717, 1.165) is 96.2 Å². The Morgan fingerprint density at radius 1 is 1.29 bits per heavy atom. The predicted molar refractivity (Wildman–Crippen MR) is 164 cm³/mol. The van der Waals surface area contributed by atoms with Gasteiger partial charge in [0.2, 0.25) is 0 Å². The second kappa shape index (κ2) is 14.0. The van der Waals surface area contributed by atoms with E-state index in [-0.39, 0.29) is 5.83 Å². The van der Waals surface area contributed by atoms with Crippen LogP contribution in [0.25, 0.3) is 22.2 Å². The Morgan fingerprint density at radius 2 is 2.20 bits per heavy atom. The highest BCUT2D eigenvalue weighted by Gasteiger charge is 2.22. The van der Waals surface area contributed by atoms with Crippen LogP contribution in [0.4, 0.5) is 4.39 Å². The maximum atomic E-state index is 14.5. The summed E-state index contributed by atoms with van der Waals surface area (Å²) in [6, 6.07) is 6.02. The number of hydrogen-bond acceptors (Lipinski definition) is 7. The third-order valence-electron chi connectivity index (χ3n) is 7.80. The predicted octanol–water partition coefficient (Wildman–Crippen LogP) is 5.27. The Labute approximate surface area is 241 Å². The summed E-state index contributed by atoms with van der Waals surface area (Å²) in [7, 11) is 2.72. The minimum atomic E-state index is -0.115. The molecule has 0 bridgehead atoms. The van der Waals surface area contributed by atoms with Crippen molar-refractivity contribution in [3.8, 4) is 5.69 Å². The molecule has 1 saturated heterocycles. The van der Waals surface area contributed by atoms with E-state index < -0.39 is 0 Å². The smallest absolute Gasteiger partial charge is 0.126 e. The monoisotopic (exact) mass is 576 g/mol. The van der Waals surface area contributed by atoms with Crippen molar-refractivity contribution in [3.63, 3.8) is 0 Å². The van der Waals surface area contributed by atoms with Gasteiger partial charge in [0.25, 0.3) is 0 Å². The Kier molecular flexibility index (Phi) is 9.90. The molecule has 1 aliphatic carbocycles. The second-order valence-electron chi connectivity index (χ2n) is 10.5. The summed E-state index contributed by atoms with van der Waals surface area (Å²) in [4.78, 5) is 2.45. The van der Waals surface area contributed by atoms with Crippen LogP contribution in [0.5, 0.6) is 0 Å². The fourth-order valence-electron chi connectivity index (χ4n) is 5.48. The van der Waals surface area contributed by atoms with E-state index in [9.17, 15) is 4.39 Å². The summed E-state index contributed by atoms with van der Waals surface area (Å²) in [6.07, 6.45) is 18.1. The number of fused-ring (bicyclic) bond motifs is 1. The Hall–Kier alpha value is -3.43. The number of aromatic nitrogens is 5. The molecule has 11 heteroatoms. The molecule has 216 valence electrons. The molecule has 41 heavy (non-hydrogen) atoms. The summed E-state index contributed by atoms with van der Waals surface area (Å²) in [5.41, 5.74) is 13.2. The Balaban J connectivity index is 1.25. The minimum Gasteiger partial charge on any atom is -0.404 e. The van der Waals surface area contributed by atoms with Gasteiger partial charge in [-0.2, -0.15) is 5.10 Å². The summed E-state index contributed by atoms with van der Waals surface area (Å²) in [5.74, 6) is 0.221. The highest BCUT2D eigenvalue weighted by Crippen LogP contribution is 2.31. The van der Waals surface area contributed by atoms with Crippen molar-refractivity contribution < 1.29 is 9.60 Å². The first-order valence-electron chi connectivity index (χ1n) is 14.2. The number of allylic oxidation sites excluding steroid dienone is 7. The van der Waals surface area contributed by atoms with Gasteiger partial charge in [-0.15, -0.1) is 14.3 Å². The van der Waals surface area contributed by atoms with Crippen LogP contribution in [0.3, 0.4) is 0 Å². The number of nitrogens with one attached hydrogen (secondary N) is 2. The highest BCUT2D eigenvalue weighted by atomic mass is 31.0. The lowest BCUT2D eigenvalue weighted by molar-refractivity contribution is 0.169. The molecule has 2 aromatic heterocycles. The van der Waals surface area contributed by atoms with Gasteiger partial charge in [0.1, 0.15) is 11.5 Å². The number of hydrogen-bond donors (Lipinski definition) is 4. The van der Waals surface area contributed by atoms with Crippen molar-refractivity contribution in [2.24, 2.45) is 5.73 Å². The SMILES string of the molecule is N/C=C(\C=C/CCNO)c1n[nH]c2ccc(-n3cc([C@@H]4CCCN(CCC5=C(P)CC=CC=C5F)CC4)nn3)cc12. The van der Waals surface area contributed by atoms with E-state index in [1.54, 1.807) is 12.2 Å². The number of hydroxylamine groups is 1. The molecule has 3 aromatic rings. The summed E-state index contributed by atoms with van der Waals surface area (Å²) >= 11 is 0. The van der Waals surface area contributed by atoms with E-state index in [0.29, 0.717) is 18.9 Å². The first-order valence-corrected chi connectivity index (χ1v) is 14.7. The molecule has 5 rings (SSSR count). The van der Waals surface area contributed by atoms with Crippen LogP contribution in [-0.2, 0) is 0 Å². The molecule has 2 atom stereocenters. The van der Waals surface area contributed by atoms with E-state index >= 15 is 0 Å². The molecule has 9 nitrogen and oxygen atoms in total. The average Bonchev–Trinajstić information content (AvgIpc) is 3.53. The number of halogens is 1. The number of rotatable bonds is 10. The van der Waals surface area contributed by atoms with Gasteiger partial charge in [-0.25, -0.2) is 14.6 Å². The quantitative estimate of drug-likeness (QED) is 0.112. The van der Waals surface area contributed by atoms with Gasteiger partial charge in [-0.3, -0.25) is 5.10 Å². The summed E-state index contributed by atoms with van der Waals surface area (Å²) < 4.78 is 16.3. The molecule has 3 heterocycles. The van der Waals surface area contributed by atoms with Crippen LogP contribution >= 0.6 is 9.24 Å². The average molecular weight is 577 g/mol. The zero-order valence-electron chi connectivity index (χ0n) is 23.1.